The maximum Gasteiger partial charge on any atom is 0.248 e. The van der Waals surface area contributed by atoms with Gasteiger partial charge in [-0.1, -0.05) is 13.3 Å². The van der Waals surface area contributed by atoms with E-state index in [4.69, 9.17) is 16.6 Å². The standard InChI is InChI=1S/C8H17N3O3/c1-2-3-5(9)8(14)11-4-6(12)7(10)13/h5-6,12H,2-4,9H2,1H3,(H2,10,13)(H,11,14)/t5-,6?/m1/s1. The summed E-state index contributed by atoms with van der Waals surface area (Å²) in [6.45, 7) is 1.72. The molecule has 6 heteroatoms. The number of nitrogens with two attached hydrogens (primary N) is 2. The Morgan fingerprint density at radius 1 is 1.50 bits per heavy atom. The predicted octanol–water partition coefficient (Wildman–Crippen LogP) is -1.92. The van der Waals surface area contributed by atoms with Gasteiger partial charge in [0.15, 0.2) is 0 Å². The van der Waals surface area contributed by atoms with E-state index in [2.05, 4.69) is 5.32 Å². The minimum atomic E-state index is -1.35. The second-order valence-electron chi connectivity index (χ2n) is 3.06. The third kappa shape index (κ3) is 4.78. The molecule has 0 fully saturated rings. The molecule has 0 radical (unpaired) electrons. The van der Waals surface area contributed by atoms with Gasteiger partial charge in [0.1, 0.15) is 6.10 Å². The van der Waals surface area contributed by atoms with Crippen LogP contribution in [0.4, 0.5) is 0 Å². The van der Waals surface area contributed by atoms with Gasteiger partial charge in [0.25, 0.3) is 0 Å². The number of aliphatic hydroxyl groups excluding tert-OH is 1. The highest BCUT2D eigenvalue weighted by atomic mass is 16.3. The van der Waals surface area contributed by atoms with Gasteiger partial charge in [-0.25, -0.2) is 0 Å². The first-order chi connectivity index (χ1) is 6.49. The van der Waals surface area contributed by atoms with Crippen LogP contribution in [-0.2, 0) is 9.59 Å². The molecule has 0 saturated carbocycles. The van der Waals surface area contributed by atoms with Crippen molar-refractivity contribution < 1.29 is 14.7 Å². The van der Waals surface area contributed by atoms with E-state index in [-0.39, 0.29) is 12.5 Å². The molecule has 6 nitrogen and oxygen atoms in total. The van der Waals surface area contributed by atoms with Crippen molar-refractivity contribution in [1.29, 1.82) is 0 Å². The monoisotopic (exact) mass is 203 g/mol. The molecule has 0 aliphatic carbocycles. The Bertz CT molecular complexity index is 208. The lowest BCUT2D eigenvalue weighted by Gasteiger charge is -2.12. The normalized spacial score (nSPS) is 14.5. The Morgan fingerprint density at radius 2 is 2.07 bits per heavy atom. The lowest BCUT2D eigenvalue weighted by Crippen LogP contribution is -2.46. The first-order valence-corrected chi connectivity index (χ1v) is 4.49. The van der Waals surface area contributed by atoms with Gasteiger partial charge >= 0.3 is 0 Å². The van der Waals surface area contributed by atoms with Gasteiger partial charge in [-0.3, -0.25) is 9.59 Å². The molecule has 6 N–H and O–H groups in total. The Balaban J connectivity index is 3.78. The lowest BCUT2D eigenvalue weighted by molar-refractivity contribution is -0.127. The number of carbonyl (C=O) groups excluding carboxylic acids is 2. The Morgan fingerprint density at radius 3 is 2.50 bits per heavy atom. The second-order valence-corrected chi connectivity index (χ2v) is 3.06. The maximum atomic E-state index is 11.2. The molecule has 0 aromatic heterocycles. The van der Waals surface area contributed by atoms with Gasteiger partial charge in [-0.15, -0.1) is 0 Å². The van der Waals surface area contributed by atoms with Gasteiger partial charge in [-0.05, 0) is 6.42 Å². The number of carbonyl (C=O) groups is 2. The summed E-state index contributed by atoms with van der Waals surface area (Å²) in [5.74, 6) is -1.25. The smallest absolute Gasteiger partial charge is 0.248 e. The molecule has 0 bridgehead atoms. The van der Waals surface area contributed by atoms with Crippen LogP contribution in [-0.4, -0.2) is 35.6 Å². The number of amides is 2. The number of nitrogens with one attached hydrogen (secondary N) is 1. The molecule has 0 heterocycles. The van der Waals surface area contributed by atoms with Crippen LogP contribution in [0.15, 0.2) is 0 Å². The average molecular weight is 203 g/mol. The van der Waals surface area contributed by atoms with Crippen LogP contribution in [0, 0.1) is 0 Å². The summed E-state index contributed by atoms with van der Waals surface area (Å²) in [7, 11) is 0. The number of hydrogen-bond acceptors (Lipinski definition) is 4. The van der Waals surface area contributed by atoms with E-state index < -0.39 is 18.1 Å². The highest BCUT2D eigenvalue weighted by Gasteiger charge is 2.15. The SMILES string of the molecule is CCC[C@@H](N)C(=O)NCC(O)C(N)=O. The number of aliphatic hydroxyl groups is 1. The van der Waals surface area contributed by atoms with Crippen LogP contribution < -0.4 is 16.8 Å². The molecule has 82 valence electrons. The number of hydrogen-bond donors (Lipinski definition) is 4. The van der Waals surface area contributed by atoms with Crippen molar-refractivity contribution in [2.24, 2.45) is 11.5 Å². The van der Waals surface area contributed by atoms with Crippen molar-refractivity contribution in [2.75, 3.05) is 6.54 Å². The summed E-state index contributed by atoms with van der Waals surface area (Å²) in [6, 6.07) is -0.597. The zero-order valence-corrected chi connectivity index (χ0v) is 8.19. The van der Waals surface area contributed by atoms with E-state index in [1.54, 1.807) is 0 Å². The fourth-order valence-electron chi connectivity index (χ4n) is 0.871. The zero-order chi connectivity index (χ0) is 11.1. The zero-order valence-electron chi connectivity index (χ0n) is 8.19. The first-order valence-electron chi connectivity index (χ1n) is 4.49. The van der Waals surface area contributed by atoms with E-state index in [1.165, 1.54) is 0 Å². The van der Waals surface area contributed by atoms with Crippen molar-refractivity contribution in [3.63, 3.8) is 0 Å². The van der Waals surface area contributed by atoms with Gasteiger partial charge < -0.3 is 21.9 Å². The van der Waals surface area contributed by atoms with Crippen LogP contribution in [0.1, 0.15) is 19.8 Å². The highest BCUT2D eigenvalue weighted by Crippen LogP contribution is 1.92. The topological polar surface area (TPSA) is 118 Å². The largest absolute Gasteiger partial charge is 0.381 e. The van der Waals surface area contributed by atoms with Crippen molar-refractivity contribution in [1.82, 2.24) is 5.32 Å². The molecule has 14 heavy (non-hydrogen) atoms. The quantitative estimate of drug-likeness (QED) is 0.402. The summed E-state index contributed by atoms with van der Waals surface area (Å²) >= 11 is 0. The van der Waals surface area contributed by atoms with E-state index in [0.717, 1.165) is 6.42 Å². The van der Waals surface area contributed by atoms with Gasteiger partial charge in [-0.2, -0.15) is 0 Å². The highest BCUT2D eigenvalue weighted by molar-refractivity contribution is 5.83. The number of primary amides is 1. The molecule has 0 aliphatic rings. The Kier molecular flexibility index (Phi) is 5.82. The minimum Gasteiger partial charge on any atom is -0.381 e. The molecule has 0 rings (SSSR count). The van der Waals surface area contributed by atoms with Gasteiger partial charge in [0.2, 0.25) is 11.8 Å². The molecule has 0 aliphatic heterocycles. The third-order valence-corrected chi connectivity index (χ3v) is 1.73. The fourth-order valence-corrected chi connectivity index (χ4v) is 0.871. The summed E-state index contributed by atoms with van der Waals surface area (Å²) in [5.41, 5.74) is 10.3. The second kappa shape index (κ2) is 6.33. The summed E-state index contributed by atoms with van der Waals surface area (Å²) in [6.07, 6.45) is 0.0126. The molecular weight excluding hydrogens is 186 g/mol. The lowest BCUT2D eigenvalue weighted by atomic mass is 10.1. The summed E-state index contributed by atoms with van der Waals surface area (Å²) in [5, 5.41) is 11.3. The Labute approximate surface area is 82.6 Å². The van der Waals surface area contributed by atoms with E-state index >= 15 is 0 Å². The van der Waals surface area contributed by atoms with Crippen LogP contribution in [0.3, 0.4) is 0 Å². The summed E-state index contributed by atoms with van der Waals surface area (Å²) in [4.78, 5) is 21.6. The fraction of sp³-hybridized carbons (Fsp3) is 0.750. The minimum absolute atomic E-state index is 0.189. The van der Waals surface area contributed by atoms with Crippen molar-refractivity contribution in [2.45, 2.75) is 31.9 Å². The van der Waals surface area contributed by atoms with Crippen molar-refractivity contribution in [3.05, 3.63) is 0 Å². The third-order valence-electron chi connectivity index (χ3n) is 1.73. The van der Waals surface area contributed by atoms with Crippen LogP contribution in [0.2, 0.25) is 0 Å². The van der Waals surface area contributed by atoms with E-state index in [9.17, 15) is 9.59 Å². The van der Waals surface area contributed by atoms with Crippen LogP contribution in [0.25, 0.3) is 0 Å². The predicted molar refractivity (Wildman–Crippen MR) is 51.1 cm³/mol. The van der Waals surface area contributed by atoms with Crippen molar-refractivity contribution in [3.8, 4) is 0 Å². The number of rotatable bonds is 6. The summed E-state index contributed by atoms with van der Waals surface area (Å²) < 4.78 is 0. The Hall–Kier alpha value is -1.14. The van der Waals surface area contributed by atoms with E-state index in [1.807, 2.05) is 6.92 Å². The molecule has 1 unspecified atom stereocenters. The molecule has 0 aromatic carbocycles. The first kappa shape index (κ1) is 12.9. The molecular formula is C8H17N3O3. The van der Waals surface area contributed by atoms with E-state index in [0.29, 0.717) is 6.42 Å². The van der Waals surface area contributed by atoms with Gasteiger partial charge in [0, 0.05) is 0 Å². The molecule has 2 atom stereocenters. The maximum absolute atomic E-state index is 11.2. The molecule has 0 spiro atoms. The molecule has 0 aromatic rings. The van der Waals surface area contributed by atoms with Gasteiger partial charge in [0.05, 0.1) is 12.6 Å². The molecule has 2 amide bonds. The average Bonchev–Trinajstić information content (AvgIpc) is 2.13. The van der Waals surface area contributed by atoms with Crippen LogP contribution >= 0.6 is 0 Å². The van der Waals surface area contributed by atoms with Crippen molar-refractivity contribution >= 4 is 11.8 Å². The van der Waals surface area contributed by atoms with Crippen LogP contribution in [0.5, 0.6) is 0 Å². The molecule has 0 saturated heterocycles.